The number of amides is 1. The lowest BCUT2D eigenvalue weighted by Crippen LogP contribution is -2.31. The summed E-state index contributed by atoms with van der Waals surface area (Å²) in [5.74, 6) is 0.354. The number of carbonyl (C=O) groups is 1. The Morgan fingerprint density at radius 2 is 2.20 bits per heavy atom. The fourth-order valence-corrected chi connectivity index (χ4v) is 3.49. The number of nitrogens with zero attached hydrogens (tertiary/aromatic N) is 1. The van der Waals surface area contributed by atoms with Gasteiger partial charge in [0.25, 0.3) is 0 Å². The molecule has 5 nitrogen and oxygen atoms in total. The fourth-order valence-electron chi connectivity index (χ4n) is 3.49. The van der Waals surface area contributed by atoms with Gasteiger partial charge >= 0.3 is 0 Å². The van der Waals surface area contributed by atoms with Crippen LogP contribution in [0.2, 0.25) is 0 Å². The number of hydrogen-bond donors (Lipinski definition) is 3. The predicted molar refractivity (Wildman–Crippen MR) is 77.4 cm³/mol. The molecule has 0 bridgehead atoms. The number of piperidine rings is 1. The molecule has 1 amide bonds. The topological polar surface area (TPSA) is 69.8 Å². The van der Waals surface area contributed by atoms with E-state index in [9.17, 15) is 4.79 Å². The minimum atomic E-state index is 0.167. The molecule has 5 heteroatoms. The van der Waals surface area contributed by atoms with Crippen LogP contribution >= 0.6 is 0 Å². The van der Waals surface area contributed by atoms with Gasteiger partial charge in [0, 0.05) is 11.3 Å². The van der Waals surface area contributed by atoms with E-state index in [1.54, 1.807) is 6.20 Å². The maximum atomic E-state index is 12.5. The summed E-state index contributed by atoms with van der Waals surface area (Å²) in [6, 6.07) is 5.83. The van der Waals surface area contributed by atoms with Crippen LogP contribution in [-0.4, -0.2) is 29.2 Å². The van der Waals surface area contributed by atoms with Gasteiger partial charge in [0.05, 0.1) is 17.4 Å². The zero-order chi connectivity index (χ0) is 13.6. The molecule has 1 unspecified atom stereocenters. The van der Waals surface area contributed by atoms with Crippen molar-refractivity contribution in [3.8, 4) is 0 Å². The van der Waals surface area contributed by atoms with Gasteiger partial charge in [-0.25, -0.2) is 0 Å². The Hall–Kier alpha value is -1.88. The van der Waals surface area contributed by atoms with Gasteiger partial charge in [-0.3, -0.25) is 9.89 Å². The molecule has 1 saturated heterocycles. The van der Waals surface area contributed by atoms with Gasteiger partial charge in [0.15, 0.2) is 0 Å². The Morgan fingerprint density at radius 1 is 1.35 bits per heavy atom. The van der Waals surface area contributed by atoms with Crippen LogP contribution in [0, 0.1) is 11.3 Å². The van der Waals surface area contributed by atoms with Gasteiger partial charge in [-0.1, -0.05) is 6.07 Å². The minimum absolute atomic E-state index is 0.167. The monoisotopic (exact) mass is 270 g/mol. The highest BCUT2D eigenvalue weighted by Gasteiger charge is 2.57. The number of fused-ring (bicyclic) bond motifs is 1. The van der Waals surface area contributed by atoms with Crippen LogP contribution in [0.3, 0.4) is 0 Å². The van der Waals surface area contributed by atoms with E-state index in [4.69, 9.17) is 0 Å². The van der Waals surface area contributed by atoms with Crippen molar-refractivity contribution in [2.75, 3.05) is 18.4 Å². The lowest BCUT2D eigenvalue weighted by molar-refractivity contribution is -0.118. The van der Waals surface area contributed by atoms with Crippen LogP contribution < -0.4 is 10.6 Å². The van der Waals surface area contributed by atoms with Gasteiger partial charge in [0.2, 0.25) is 5.91 Å². The zero-order valence-electron chi connectivity index (χ0n) is 11.3. The quantitative estimate of drug-likeness (QED) is 0.780. The van der Waals surface area contributed by atoms with E-state index < -0.39 is 0 Å². The molecule has 0 radical (unpaired) electrons. The van der Waals surface area contributed by atoms with Crippen molar-refractivity contribution in [3.63, 3.8) is 0 Å². The Bertz CT molecular complexity index is 657. The van der Waals surface area contributed by atoms with E-state index in [0.29, 0.717) is 0 Å². The highest BCUT2D eigenvalue weighted by molar-refractivity contribution is 6.02. The first kappa shape index (κ1) is 11.9. The van der Waals surface area contributed by atoms with Gasteiger partial charge in [-0.05, 0) is 49.9 Å². The largest absolute Gasteiger partial charge is 0.325 e. The summed E-state index contributed by atoms with van der Waals surface area (Å²) in [6.45, 7) is 2.09. The molecule has 2 aromatic rings. The number of nitrogens with one attached hydrogen (secondary N) is 3. The Kier molecular flexibility index (Phi) is 2.57. The average Bonchev–Trinajstić information content (AvgIpc) is 2.95. The lowest BCUT2D eigenvalue weighted by Gasteiger charge is -2.23. The van der Waals surface area contributed by atoms with E-state index in [0.717, 1.165) is 48.9 Å². The summed E-state index contributed by atoms with van der Waals surface area (Å²) >= 11 is 0. The third-order valence-electron chi connectivity index (χ3n) is 4.85. The molecule has 20 heavy (non-hydrogen) atoms. The number of rotatable bonds is 2. The smallest absolute Gasteiger partial charge is 0.228 e. The Balaban J connectivity index is 1.52. The molecule has 2 aliphatic rings. The van der Waals surface area contributed by atoms with E-state index in [1.165, 1.54) is 0 Å². The number of H-pyrrole nitrogens is 1. The van der Waals surface area contributed by atoms with Crippen molar-refractivity contribution >= 4 is 22.5 Å². The van der Waals surface area contributed by atoms with E-state index in [2.05, 4.69) is 20.8 Å². The normalized spacial score (nSPS) is 23.9. The summed E-state index contributed by atoms with van der Waals surface area (Å²) in [6.07, 6.45) is 5.06. The molecule has 2 fully saturated rings. The number of aromatic amines is 1. The summed E-state index contributed by atoms with van der Waals surface area (Å²) < 4.78 is 0. The van der Waals surface area contributed by atoms with Crippen LogP contribution in [-0.2, 0) is 4.79 Å². The second kappa shape index (κ2) is 4.31. The van der Waals surface area contributed by atoms with Crippen LogP contribution in [0.15, 0.2) is 24.4 Å². The number of carbonyl (C=O) groups excluding carboxylic acids is 1. The molecule has 1 aliphatic carbocycles. The lowest BCUT2D eigenvalue weighted by atomic mass is 9.92. The first-order chi connectivity index (χ1) is 9.78. The van der Waals surface area contributed by atoms with E-state index >= 15 is 0 Å². The second-order valence-electron chi connectivity index (χ2n) is 6.00. The number of benzene rings is 1. The molecular weight excluding hydrogens is 252 g/mol. The van der Waals surface area contributed by atoms with Crippen molar-refractivity contribution in [3.05, 3.63) is 24.4 Å². The molecule has 1 aromatic heterocycles. The number of hydrogen-bond acceptors (Lipinski definition) is 3. The predicted octanol–water partition coefficient (Wildman–Crippen LogP) is 1.89. The molecule has 1 atom stereocenters. The highest BCUT2D eigenvalue weighted by atomic mass is 16.2. The molecule has 104 valence electrons. The fraction of sp³-hybridized carbons (Fsp3) is 0.467. The summed E-state index contributed by atoms with van der Waals surface area (Å²) in [5.41, 5.74) is 2.09. The van der Waals surface area contributed by atoms with Gasteiger partial charge in [0.1, 0.15) is 0 Å². The van der Waals surface area contributed by atoms with Crippen molar-refractivity contribution in [1.29, 1.82) is 0 Å². The molecule has 1 spiro atoms. The minimum Gasteiger partial charge on any atom is -0.325 e. The first-order valence-electron chi connectivity index (χ1n) is 7.22. The summed E-state index contributed by atoms with van der Waals surface area (Å²) in [4.78, 5) is 12.5. The van der Waals surface area contributed by atoms with Gasteiger partial charge in [-0.15, -0.1) is 0 Å². The van der Waals surface area contributed by atoms with E-state index in [1.807, 2.05) is 18.2 Å². The van der Waals surface area contributed by atoms with Crippen LogP contribution in [0.4, 0.5) is 5.69 Å². The molecular formula is C15H18N4O. The number of aromatic nitrogens is 2. The van der Waals surface area contributed by atoms with Gasteiger partial charge < -0.3 is 10.6 Å². The number of anilines is 1. The maximum Gasteiger partial charge on any atom is 0.228 e. The van der Waals surface area contributed by atoms with Crippen LogP contribution in [0.1, 0.15) is 19.3 Å². The second-order valence-corrected chi connectivity index (χ2v) is 6.00. The zero-order valence-corrected chi connectivity index (χ0v) is 11.3. The molecule has 4 rings (SSSR count). The maximum absolute atomic E-state index is 12.5. The average molecular weight is 270 g/mol. The standard InChI is InChI=1S/C15H18N4O/c20-14(11-8-15(11)4-6-16-7-5-15)18-12-2-1-3-13-10(12)9-17-19-13/h1-3,9,11,16H,4-8H2,(H,17,19)(H,18,20). The molecule has 1 aliphatic heterocycles. The van der Waals surface area contributed by atoms with Crippen molar-refractivity contribution in [1.82, 2.24) is 15.5 Å². The molecule has 3 N–H and O–H groups in total. The van der Waals surface area contributed by atoms with Crippen molar-refractivity contribution < 1.29 is 4.79 Å². The third-order valence-corrected chi connectivity index (χ3v) is 4.85. The Labute approximate surface area is 117 Å². The first-order valence-corrected chi connectivity index (χ1v) is 7.22. The third kappa shape index (κ3) is 1.81. The van der Waals surface area contributed by atoms with Crippen LogP contribution in [0.5, 0.6) is 0 Å². The van der Waals surface area contributed by atoms with E-state index in [-0.39, 0.29) is 17.2 Å². The molecule has 2 heterocycles. The highest BCUT2D eigenvalue weighted by Crippen LogP contribution is 2.58. The molecule has 1 aromatic carbocycles. The van der Waals surface area contributed by atoms with Crippen molar-refractivity contribution in [2.24, 2.45) is 11.3 Å². The van der Waals surface area contributed by atoms with Crippen molar-refractivity contribution in [2.45, 2.75) is 19.3 Å². The molecule has 1 saturated carbocycles. The SMILES string of the molecule is O=C(Nc1cccc2[nH]ncc12)C1CC12CCNCC2. The van der Waals surface area contributed by atoms with Gasteiger partial charge in [-0.2, -0.15) is 5.10 Å². The summed E-state index contributed by atoms with van der Waals surface area (Å²) in [7, 11) is 0. The summed E-state index contributed by atoms with van der Waals surface area (Å²) in [5, 5.41) is 14.4. The Morgan fingerprint density at radius 3 is 3.05 bits per heavy atom. The van der Waals surface area contributed by atoms with Crippen LogP contribution in [0.25, 0.3) is 10.9 Å².